The second kappa shape index (κ2) is 8.58. The van der Waals surface area contributed by atoms with Gasteiger partial charge in [-0.25, -0.2) is 4.79 Å². The molecule has 33 heavy (non-hydrogen) atoms. The highest BCUT2D eigenvalue weighted by atomic mass is 16.5. The van der Waals surface area contributed by atoms with E-state index in [0.29, 0.717) is 23.4 Å². The molecule has 0 aliphatic carbocycles. The number of anilines is 2. The standard InChI is InChI=1S/C28H28N2O3/c1-28(2,3)25(19-12-14-21(29)15-13-19)24-22-10-5-6-11-23(22)30(26(24)31)17-18-8-7-9-20(16-18)27(32)33-4/h5-16H,17,29H2,1-4H3/b25-24-. The fraction of sp³-hybridized carbons (Fsp3) is 0.214. The van der Waals surface area contributed by atoms with Gasteiger partial charge in [-0.2, -0.15) is 0 Å². The minimum Gasteiger partial charge on any atom is -0.465 e. The van der Waals surface area contributed by atoms with E-state index in [4.69, 9.17) is 10.5 Å². The first-order valence-electron chi connectivity index (χ1n) is 10.9. The fourth-order valence-corrected chi connectivity index (χ4v) is 4.38. The maximum atomic E-state index is 13.9. The van der Waals surface area contributed by atoms with Gasteiger partial charge in [0.1, 0.15) is 0 Å². The van der Waals surface area contributed by atoms with E-state index in [2.05, 4.69) is 20.8 Å². The Morgan fingerprint density at radius 1 is 0.939 bits per heavy atom. The molecule has 0 aromatic heterocycles. The highest BCUT2D eigenvalue weighted by molar-refractivity contribution is 6.38. The van der Waals surface area contributed by atoms with Crippen molar-refractivity contribution in [1.82, 2.24) is 0 Å². The maximum absolute atomic E-state index is 13.9. The van der Waals surface area contributed by atoms with Gasteiger partial charge in [0.25, 0.3) is 5.91 Å². The van der Waals surface area contributed by atoms with Crippen LogP contribution in [0.1, 0.15) is 47.8 Å². The van der Waals surface area contributed by atoms with E-state index in [-0.39, 0.29) is 11.3 Å². The number of nitrogen functional groups attached to an aromatic ring is 1. The number of ether oxygens (including phenoxy) is 1. The molecule has 0 atom stereocenters. The number of rotatable bonds is 4. The summed E-state index contributed by atoms with van der Waals surface area (Å²) in [7, 11) is 1.36. The molecule has 3 aromatic carbocycles. The maximum Gasteiger partial charge on any atom is 0.337 e. The predicted molar refractivity (Wildman–Crippen MR) is 133 cm³/mol. The van der Waals surface area contributed by atoms with Crippen molar-refractivity contribution in [3.8, 4) is 0 Å². The third-order valence-electron chi connectivity index (χ3n) is 5.81. The van der Waals surface area contributed by atoms with Crippen molar-refractivity contribution < 1.29 is 14.3 Å². The van der Waals surface area contributed by atoms with Crippen molar-refractivity contribution in [3.05, 3.63) is 95.1 Å². The number of amides is 1. The zero-order chi connectivity index (χ0) is 23.8. The topological polar surface area (TPSA) is 72.6 Å². The number of hydrogen-bond donors (Lipinski definition) is 1. The van der Waals surface area contributed by atoms with Crippen LogP contribution in [0.5, 0.6) is 0 Å². The summed E-state index contributed by atoms with van der Waals surface area (Å²) in [6.45, 7) is 6.70. The summed E-state index contributed by atoms with van der Waals surface area (Å²) in [6.07, 6.45) is 0. The Balaban J connectivity index is 1.85. The van der Waals surface area contributed by atoms with Gasteiger partial charge in [-0.1, -0.05) is 63.2 Å². The van der Waals surface area contributed by atoms with Crippen molar-refractivity contribution in [2.45, 2.75) is 27.3 Å². The summed E-state index contributed by atoms with van der Waals surface area (Å²) in [5.74, 6) is -0.453. The van der Waals surface area contributed by atoms with E-state index in [1.54, 1.807) is 23.1 Å². The number of esters is 1. The molecule has 1 amide bonds. The molecular weight excluding hydrogens is 412 g/mol. The molecule has 1 aliphatic rings. The molecule has 0 spiro atoms. The van der Waals surface area contributed by atoms with E-state index in [0.717, 1.165) is 28.0 Å². The number of allylic oxidation sites excluding steroid dienone is 1. The first kappa shape index (κ1) is 22.3. The number of carbonyl (C=O) groups is 2. The summed E-state index contributed by atoms with van der Waals surface area (Å²) in [4.78, 5) is 27.7. The van der Waals surface area contributed by atoms with Crippen LogP contribution in [-0.4, -0.2) is 19.0 Å². The van der Waals surface area contributed by atoms with Crippen molar-refractivity contribution in [2.24, 2.45) is 5.41 Å². The monoisotopic (exact) mass is 440 g/mol. The first-order valence-corrected chi connectivity index (χ1v) is 10.9. The van der Waals surface area contributed by atoms with Gasteiger partial charge in [-0.3, -0.25) is 4.79 Å². The molecule has 0 fully saturated rings. The molecule has 168 valence electrons. The average Bonchev–Trinajstić information content (AvgIpc) is 3.05. The Labute approximate surface area is 194 Å². The highest BCUT2D eigenvalue weighted by Crippen LogP contribution is 2.47. The van der Waals surface area contributed by atoms with E-state index < -0.39 is 5.97 Å². The Morgan fingerprint density at radius 3 is 2.30 bits per heavy atom. The summed E-state index contributed by atoms with van der Waals surface area (Å²) in [6, 6.07) is 22.7. The quantitative estimate of drug-likeness (QED) is 0.328. The molecule has 2 N–H and O–H groups in total. The molecule has 1 aliphatic heterocycles. The third kappa shape index (κ3) is 4.27. The first-order chi connectivity index (χ1) is 15.7. The van der Waals surface area contributed by atoms with Gasteiger partial charge in [-0.05, 0) is 52.4 Å². The summed E-state index contributed by atoms with van der Waals surface area (Å²) in [5, 5.41) is 0. The van der Waals surface area contributed by atoms with Gasteiger partial charge in [-0.15, -0.1) is 0 Å². The van der Waals surface area contributed by atoms with Crippen molar-refractivity contribution >= 4 is 34.4 Å². The molecule has 5 nitrogen and oxygen atoms in total. The van der Waals surface area contributed by atoms with Gasteiger partial charge >= 0.3 is 5.97 Å². The Bertz CT molecular complexity index is 1250. The normalized spacial score (nSPS) is 14.8. The molecule has 0 unspecified atom stereocenters. The van der Waals surface area contributed by atoms with E-state index in [1.807, 2.05) is 54.6 Å². The Morgan fingerprint density at radius 2 is 1.64 bits per heavy atom. The number of nitrogens with zero attached hydrogens (tertiary/aromatic N) is 1. The summed E-state index contributed by atoms with van der Waals surface area (Å²) < 4.78 is 4.85. The van der Waals surface area contributed by atoms with Crippen LogP contribution in [0, 0.1) is 5.41 Å². The second-order valence-electron chi connectivity index (χ2n) is 9.22. The fourth-order valence-electron chi connectivity index (χ4n) is 4.38. The molecule has 4 rings (SSSR count). The zero-order valence-corrected chi connectivity index (χ0v) is 19.4. The van der Waals surface area contributed by atoms with E-state index >= 15 is 0 Å². The Kier molecular flexibility index (Phi) is 5.81. The molecular formula is C28H28N2O3. The van der Waals surface area contributed by atoms with Crippen LogP contribution in [0.15, 0.2) is 72.8 Å². The van der Waals surface area contributed by atoms with Crippen LogP contribution >= 0.6 is 0 Å². The minimum atomic E-state index is -0.399. The van der Waals surface area contributed by atoms with Crippen molar-refractivity contribution in [2.75, 3.05) is 17.7 Å². The largest absolute Gasteiger partial charge is 0.465 e. The smallest absolute Gasteiger partial charge is 0.337 e. The average molecular weight is 441 g/mol. The molecule has 0 radical (unpaired) electrons. The number of benzene rings is 3. The lowest BCUT2D eigenvalue weighted by atomic mass is 9.78. The van der Waals surface area contributed by atoms with E-state index in [9.17, 15) is 9.59 Å². The number of carbonyl (C=O) groups excluding carboxylic acids is 2. The molecule has 5 heteroatoms. The van der Waals surface area contributed by atoms with Gasteiger partial charge in [0.15, 0.2) is 0 Å². The minimum absolute atomic E-state index is 0.0542. The second-order valence-corrected chi connectivity index (χ2v) is 9.22. The number of methoxy groups -OCH3 is 1. The highest BCUT2D eigenvalue weighted by Gasteiger charge is 2.37. The van der Waals surface area contributed by atoms with Crippen molar-refractivity contribution in [1.29, 1.82) is 0 Å². The van der Waals surface area contributed by atoms with Gasteiger partial charge in [0.05, 0.1) is 30.5 Å². The summed E-state index contributed by atoms with van der Waals surface area (Å²) in [5.41, 5.74) is 12.1. The van der Waals surface area contributed by atoms with Crippen LogP contribution in [-0.2, 0) is 16.1 Å². The number of hydrogen-bond acceptors (Lipinski definition) is 4. The number of para-hydroxylation sites is 1. The molecule has 1 heterocycles. The van der Waals surface area contributed by atoms with Crippen LogP contribution in [0.4, 0.5) is 11.4 Å². The molecule has 0 saturated carbocycles. The van der Waals surface area contributed by atoms with Crippen LogP contribution < -0.4 is 10.6 Å². The number of nitrogens with two attached hydrogens (primary N) is 1. The Hall–Kier alpha value is -3.86. The SMILES string of the molecule is COC(=O)c1cccc(CN2C(=O)/C(=C(/c3ccc(N)cc3)C(C)(C)C)c3ccccc32)c1. The molecule has 0 bridgehead atoms. The van der Waals surface area contributed by atoms with Crippen LogP contribution in [0.2, 0.25) is 0 Å². The van der Waals surface area contributed by atoms with E-state index in [1.165, 1.54) is 7.11 Å². The van der Waals surface area contributed by atoms with Gasteiger partial charge in [0, 0.05) is 11.3 Å². The lowest BCUT2D eigenvalue weighted by Gasteiger charge is -2.26. The zero-order valence-electron chi connectivity index (χ0n) is 19.4. The lowest BCUT2D eigenvalue weighted by Crippen LogP contribution is -2.27. The van der Waals surface area contributed by atoms with Crippen molar-refractivity contribution in [3.63, 3.8) is 0 Å². The summed E-state index contributed by atoms with van der Waals surface area (Å²) >= 11 is 0. The van der Waals surface area contributed by atoms with Crippen LogP contribution in [0.25, 0.3) is 11.1 Å². The lowest BCUT2D eigenvalue weighted by molar-refractivity contribution is -0.113. The molecule has 3 aromatic rings. The number of fused-ring (bicyclic) bond motifs is 1. The van der Waals surface area contributed by atoms with Gasteiger partial charge in [0.2, 0.25) is 0 Å². The van der Waals surface area contributed by atoms with Crippen LogP contribution in [0.3, 0.4) is 0 Å². The third-order valence-corrected chi connectivity index (χ3v) is 5.81. The predicted octanol–water partition coefficient (Wildman–Crippen LogP) is 5.56. The van der Waals surface area contributed by atoms with Gasteiger partial charge < -0.3 is 15.4 Å². The molecule has 0 saturated heterocycles.